The van der Waals surface area contributed by atoms with Gasteiger partial charge in [0.2, 0.25) is 0 Å². The first-order chi connectivity index (χ1) is 7.29. The van der Waals surface area contributed by atoms with Crippen molar-refractivity contribution in [3.63, 3.8) is 0 Å². The predicted octanol–water partition coefficient (Wildman–Crippen LogP) is 2.77. The fraction of sp³-hybridized carbons (Fsp3) is 0.125. The Balaban J connectivity index is 3.70. The molecule has 0 bridgehead atoms. The van der Waals surface area contributed by atoms with E-state index in [0.717, 1.165) is 6.07 Å². The Kier molecular flexibility index (Phi) is 3.09. The highest BCUT2D eigenvalue weighted by molar-refractivity contribution is 7.80. The van der Waals surface area contributed by atoms with Crippen LogP contribution in [0.5, 0.6) is 0 Å². The summed E-state index contributed by atoms with van der Waals surface area (Å²) in [7, 11) is 0. The molecule has 0 saturated heterocycles. The van der Waals surface area contributed by atoms with E-state index in [1.54, 1.807) is 0 Å². The van der Waals surface area contributed by atoms with Gasteiger partial charge in [0.1, 0.15) is 6.07 Å². The van der Waals surface area contributed by atoms with Crippen LogP contribution >= 0.6 is 12.6 Å². The fourth-order valence-corrected chi connectivity index (χ4v) is 1.37. The Labute approximate surface area is 92.9 Å². The van der Waals surface area contributed by atoms with Crippen molar-refractivity contribution in [1.82, 2.24) is 0 Å². The maximum atomic E-state index is 12.5. The topological polar surface area (TPSA) is 66.9 Å². The van der Waals surface area contributed by atoms with E-state index in [-0.39, 0.29) is 4.90 Å². The van der Waals surface area contributed by atoms with Gasteiger partial charge in [0.25, 0.3) is 5.69 Å². The van der Waals surface area contributed by atoms with Crippen molar-refractivity contribution in [2.24, 2.45) is 0 Å². The van der Waals surface area contributed by atoms with Crippen LogP contribution in [-0.2, 0) is 6.18 Å². The normalized spacial score (nSPS) is 10.9. The van der Waals surface area contributed by atoms with Crippen LogP contribution in [0.4, 0.5) is 18.9 Å². The lowest BCUT2D eigenvalue weighted by molar-refractivity contribution is -0.388. The molecule has 1 rings (SSSR count). The molecule has 0 aromatic heterocycles. The number of nitro groups is 1. The highest BCUT2D eigenvalue weighted by atomic mass is 32.1. The number of rotatable bonds is 1. The highest BCUT2D eigenvalue weighted by Gasteiger charge is 2.41. The third-order valence-corrected chi connectivity index (χ3v) is 2.13. The fourth-order valence-electron chi connectivity index (χ4n) is 1.13. The molecule has 0 amide bonds. The number of hydrogen-bond donors (Lipinski definition) is 1. The molecule has 0 atom stereocenters. The Morgan fingerprint density at radius 2 is 2.00 bits per heavy atom. The summed E-state index contributed by atoms with van der Waals surface area (Å²) < 4.78 is 37.6. The molecule has 1 aromatic carbocycles. The van der Waals surface area contributed by atoms with Crippen molar-refractivity contribution in [2.45, 2.75) is 11.1 Å². The van der Waals surface area contributed by atoms with Gasteiger partial charge < -0.3 is 0 Å². The quantitative estimate of drug-likeness (QED) is 0.472. The Morgan fingerprint density at radius 3 is 2.38 bits per heavy atom. The molecule has 0 heterocycles. The lowest BCUT2D eigenvalue weighted by Crippen LogP contribution is -2.12. The molecule has 1 aromatic rings. The van der Waals surface area contributed by atoms with E-state index < -0.39 is 27.9 Å². The van der Waals surface area contributed by atoms with E-state index in [2.05, 4.69) is 12.6 Å². The van der Waals surface area contributed by atoms with Gasteiger partial charge in [-0.1, -0.05) is 0 Å². The Hall–Kier alpha value is -1.75. The van der Waals surface area contributed by atoms with Crippen LogP contribution in [-0.4, -0.2) is 4.92 Å². The smallest absolute Gasteiger partial charge is 0.258 e. The molecule has 0 aliphatic carbocycles. The molecule has 0 fully saturated rings. The molecular formula is C8H3F3N2O2S. The molecule has 0 aliphatic heterocycles. The van der Waals surface area contributed by atoms with E-state index in [1.807, 2.05) is 0 Å². The first-order valence-electron chi connectivity index (χ1n) is 3.76. The number of nitrogens with zero attached hydrogens (tertiary/aromatic N) is 2. The van der Waals surface area contributed by atoms with Crippen LogP contribution in [0.1, 0.15) is 11.1 Å². The van der Waals surface area contributed by atoms with Crippen molar-refractivity contribution in [2.75, 3.05) is 0 Å². The molecule has 0 spiro atoms. The SMILES string of the molecule is N#Cc1c(S)ccc([N+](=O)[O-])c1C(F)(F)F. The van der Waals surface area contributed by atoms with Gasteiger partial charge in [-0.25, -0.2) is 0 Å². The summed E-state index contributed by atoms with van der Waals surface area (Å²) in [4.78, 5) is 8.99. The van der Waals surface area contributed by atoms with E-state index in [1.165, 1.54) is 6.07 Å². The summed E-state index contributed by atoms with van der Waals surface area (Å²) in [6, 6.07) is 2.92. The second kappa shape index (κ2) is 4.02. The minimum Gasteiger partial charge on any atom is -0.258 e. The number of nitro benzene ring substituents is 1. The molecule has 84 valence electrons. The first kappa shape index (κ1) is 12.3. The zero-order valence-electron chi connectivity index (χ0n) is 7.45. The highest BCUT2D eigenvalue weighted by Crippen LogP contribution is 2.40. The zero-order chi connectivity index (χ0) is 12.5. The van der Waals surface area contributed by atoms with E-state index in [9.17, 15) is 23.3 Å². The number of thiol groups is 1. The molecule has 0 saturated carbocycles. The first-order valence-corrected chi connectivity index (χ1v) is 4.21. The summed E-state index contributed by atoms with van der Waals surface area (Å²) in [6.45, 7) is 0. The Bertz CT molecular complexity index is 493. The summed E-state index contributed by atoms with van der Waals surface area (Å²) in [6.07, 6.45) is -4.97. The van der Waals surface area contributed by atoms with Gasteiger partial charge in [0.05, 0.1) is 10.5 Å². The molecule has 16 heavy (non-hydrogen) atoms. The second-order valence-electron chi connectivity index (χ2n) is 2.72. The number of halogens is 3. The van der Waals surface area contributed by atoms with Crippen molar-refractivity contribution in [3.8, 4) is 6.07 Å². The molecular weight excluding hydrogens is 245 g/mol. The predicted molar refractivity (Wildman–Crippen MR) is 50.1 cm³/mol. The second-order valence-corrected chi connectivity index (χ2v) is 3.20. The maximum absolute atomic E-state index is 12.5. The van der Waals surface area contributed by atoms with Crippen molar-refractivity contribution < 1.29 is 18.1 Å². The van der Waals surface area contributed by atoms with Crippen molar-refractivity contribution in [1.29, 1.82) is 5.26 Å². The van der Waals surface area contributed by atoms with Gasteiger partial charge in [0, 0.05) is 11.0 Å². The van der Waals surface area contributed by atoms with Gasteiger partial charge in [-0.3, -0.25) is 10.1 Å². The largest absolute Gasteiger partial charge is 0.424 e. The molecule has 0 radical (unpaired) electrons. The number of nitriles is 1. The summed E-state index contributed by atoms with van der Waals surface area (Å²) >= 11 is 3.65. The lowest BCUT2D eigenvalue weighted by atomic mass is 10.1. The third-order valence-electron chi connectivity index (χ3n) is 1.75. The minimum absolute atomic E-state index is 0.250. The van der Waals surface area contributed by atoms with E-state index in [0.29, 0.717) is 6.07 Å². The van der Waals surface area contributed by atoms with Crippen molar-refractivity contribution in [3.05, 3.63) is 33.4 Å². The van der Waals surface area contributed by atoms with Crippen LogP contribution in [0, 0.1) is 21.4 Å². The molecule has 0 unspecified atom stereocenters. The summed E-state index contributed by atoms with van der Waals surface area (Å²) in [5.74, 6) is 0. The third kappa shape index (κ3) is 2.09. The van der Waals surface area contributed by atoms with Gasteiger partial charge in [0.15, 0.2) is 5.56 Å². The van der Waals surface area contributed by atoms with Crippen LogP contribution in [0.2, 0.25) is 0 Å². The number of hydrogen-bond acceptors (Lipinski definition) is 4. The molecule has 0 aliphatic rings. The van der Waals surface area contributed by atoms with Gasteiger partial charge in [-0.05, 0) is 6.07 Å². The number of alkyl halides is 3. The van der Waals surface area contributed by atoms with Gasteiger partial charge in [-0.15, -0.1) is 12.6 Å². The standard InChI is InChI=1S/C8H3F3N2O2S/c9-8(10,11)7-4(3-12)6(16)2-1-5(7)13(14)15/h1-2,16H. The minimum atomic E-state index is -4.97. The zero-order valence-corrected chi connectivity index (χ0v) is 8.34. The van der Waals surface area contributed by atoms with E-state index >= 15 is 0 Å². The van der Waals surface area contributed by atoms with Gasteiger partial charge >= 0.3 is 6.18 Å². The van der Waals surface area contributed by atoms with Crippen molar-refractivity contribution >= 4 is 18.3 Å². The molecule has 4 nitrogen and oxygen atoms in total. The molecule has 0 N–H and O–H groups in total. The van der Waals surface area contributed by atoms with E-state index in [4.69, 9.17) is 5.26 Å². The summed E-state index contributed by atoms with van der Waals surface area (Å²) in [5.41, 5.74) is -3.56. The number of benzene rings is 1. The molecule has 8 heteroatoms. The van der Waals surface area contributed by atoms with Crippen LogP contribution in [0.15, 0.2) is 17.0 Å². The van der Waals surface area contributed by atoms with Crippen LogP contribution in [0.3, 0.4) is 0 Å². The lowest BCUT2D eigenvalue weighted by Gasteiger charge is -2.10. The monoisotopic (exact) mass is 248 g/mol. The van der Waals surface area contributed by atoms with Gasteiger partial charge in [-0.2, -0.15) is 18.4 Å². The van der Waals surface area contributed by atoms with Crippen LogP contribution in [0.25, 0.3) is 0 Å². The average molecular weight is 248 g/mol. The summed E-state index contributed by atoms with van der Waals surface area (Å²) in [5, 5.41) is 19.0. The average Bonchev–Trinajstić information content (AvgIpc) is 2.15. The maximum Gasteiger partial charge on any atom is 0.424 e. The Morgan fingerprint density at radius 1 is 1.44 bits per heavy atom. The van der Waals surface area contributed by atoms with Crippen LogP contribution < -0.4 is 0 Å².